The minimum atomic E-state index is -0.324. The van der Waals surface area contributed by atoms with Crippen molar-refractivity contribution in [1.29, 1.82) is 0 Å². The molecule has 0 amide bonds. The number of nitrogens with one attached hydrogen (secondary N) is 1. The molecule has 0 bridgehead atoms. The van der Waals surface area contributed by atoms with Gasteiger partial charge in [-0.2, -0.15) is 0 Å². The first-order valence-corrected chi connectivity index (χ1v) is 6.74. The Balaban J connectivity index is 2.84. The van der Waals surface area contributed by atoms with E-state index in [0.717, 1.165) is 17.0 Å². The molecule has 0 saturated heterocycles. The van der Waals surface area contributed by atoms with Crippen molar-refractivity contribution in [2.75, 3.05) is 6.61 Å². The summed E-state index contributed by atoms with van der Waals surface area (Å²) in [6, 6.07) is 1.80. The van der Waals surface area contributed by atoms with E-state index in [1.54, 1.807) is 0 Å². The van der Waals surface area contributed by atoms with E-state index in [9.17, 15) is 4.79 Å². The van der Waals surface area contributed by atoms with Crippen LogP contribution in [0, 0.1) is 20.8 Å². The second kappa shape index (κ2) is 6.66. The Kier molecular flexibility index (Phi) is 5.48. The molecule has 1 N–H and O–H groups in total. The Hall–Kier alpha value is -1.42. The van der Waals surface area contributed by atoms with Crippen molar-refractivity contribution in [2.45, 2.75) is 53.6 Å². The highest BCUT2D eigenvalue weighted by Crippen LogP contribution is 2.21. The van der Waals surface area contributed by atoms with Crippen LogP contribution in [0.2, 0.25) is 0 Å². The van der Waals surface area contributed by atoms with Gasteiger partial charge in [0.15, 0.2) is 0 Å². The van der Waals surface area contributed by atoms with Crippen LogP contribution >= 0.6 is 0 Å². The van der Waals surface area contributed by atoms with Crippen molar-refractivity contribution >= 4 is 5.97 Å². The summed E-state index contributed by atoms with van der Waals surface area (Å²) in [6.07, 6.45) is 0. The van der Waals surface area contributed by atoms with Crippen molar-refractivity contribution in [1.82, 2.24) is 10.3 Å². The number of hydrogen-bond donors (Lipinski definition) is 1. The molecule has 1 heterocycles. The van der Waals surface area contributed by atoms with Crippen LogP contribution in [0.15, 0.2) is 6.07 Å². The highest BCUT2D eigenvalue weighted by atomic mass is 16.5. The number of nitrogens with zero attached hydrogens (tertiary/aromatic N) is 1. The van der Waals surface area contributed by atoms with Gasteiger partial charge in [-0.15, -0.1) is 0 Å². The summed E-state index contributed by atoms with van der Waals surface area (Å²) in [6.45, 7) is 12.1. The maximum atomic E-state index is 11.6. The summed E-state index contributed by atoms with van der Waals surface area (Å²) in [5.41, 5.74) is 4.38. The van der Waals surface area contributed by atoms with Gasteiger partial charge >= 0.3 is 5.97 Å². The summed E-state index contributed by atoms with van der Waals surface area (Å²) in [4.78, 5) is 16.1. The lowest BCUT2D eigenvalue weighted by Crippen LogP contribution is -2.37. The largest absolute Gasteiger partial charge is 0.465 e. The second-order valence-corrected chi connectivity index (χ2v) is 4.94. The third-order valence-corrected chi connectivity index (χ3v) is 3.16. The van der Waals surface area contributed by atoms with Gasteiger partial charge in [0, 0.05) is 17.4 Å². The molecular formula is C15H24N2O2. The first-order valence-electron chi connectivity index (χ1n) is 6.74. The molecule has 4 heteroatoms. The molecule has 1 rings (SSSR count). The highest BCUT2D eigenvalue weighted by Gasteiger charge is 2.19. The zero-order valence-electron chi connectivity index (χ0n) is 12.7. The van der Waals surface area contributed by atoms with E-state index in [2.05, 4.69) is 23.3 Å². The average molecular weight is 264 g/mol. The lowest BCUT2D eigenvalue weighted by molar-refractivity contribution is -0.145. The SMILES string of the molecule is CCOC(=O)C(C)NC(C)c1c(C)cc(C)nc1C. The molecule has 0 aliphatic rings. The zero-order chi connectivity index (χ0) is 14.6. The average Bonchev–Trinajstić information content (AvgIpc) is 2.27. The Labute approximate surface area is 115 Å². The Bertz CT molecular complexity index is 434. The van der Waals surface area contributed by atoms with E-state index in [4.69, 9.17) is 4.74 Å². The predicted octanol–water partition coefficient (Wildman–Crippen LogP) is 2.61. The Morgan fingerprint density at radius 1 is 1.37 bits per heavy atom. The molecule has 1 aromatic rings. The number of pyridine rings is 1. The molecule has 4 nitrogen and oxygen atoms in total. The number of carbonyl (C=O) groups is 1. The van der Waals surface area contributed by atoms with E-state index in [1.807, 2.05) is 34.6 Å². The molecule has 1 aromatic heterocycles. The van der Waals surface area contributed by atoms with E-state index in [-0.39, 0.29) is 18.1 Å². The van der Waals surface area contributed by atoms with Crippen LogP contribution in [-0.2, 0) is 9.53 Å². The number of esters is 1. The molecule has 19 heavy (non-hydrogen) atoms. The van der Waals surface area contributed by atoms with Gasteiger partial charge in [0.05, 0.1) is 6.61 Å². The maximum absolute atomic E-state index is 11.6. The van der Waals surface area contributed by atoms with Gasteiger partial charge in [0.25, 0.3) is 0 Å². The molecule has 0 spiro atoms. The quantitative estimate of drug-likeness (QED) is 0.831. The van der Waals surface area contributed by atoms with Crippen LogP contribution in [0.1, 0.15) is 49.3 Å². The summed E-state index contributed by atoms with van der Waals surface area (Å²) < 4.78 is 5.00. The van der Waals surface area contributed by atoms with Crippen LogP contribution in [0.4, 0.5) is 0 Å². The van der Waals surface area contributed by atoms with Gasteiger partial charge in [0.2, 0.25) is 0 Å². The number of rotatable bonds is 5. The number of aryl methyl sites for hydroxylation is 3. The standard InChI is InChI=1S/C15H24N2O2/c1-7-19-15(18)13(6)17-12(5)14-9(2)8-10(3)16-11(14)4/h8,12-13,17H,7H2,1-6H3. The van der Waals surface area contributed by atoms with Crippen molar-refractivity contribution < 1.29 is 9.53 Å². The number of carbonyl (C=O) groups excluding carboxylic acids is 1. The van der Waals surface area contributed by atoms with Gasteiger partial charge < -0.3 is 4.74 Å². The van der Waals surface area contributed by atoms with Crippen molar-refractivity contribution in [3.63, 3.8) is 0 Å². The van der Waals surface area contributed by atoms with Crippen LogP contribution in [0.5, 0.6) is 0 Å². The van der Waals surface area contributed by atoms with Crippen LogP contribution < -0.4 is 5.32 Å². The fraction of sp³-hybridized carbons (Fsp3) is 0.600. The third kappa shape index (κ3) is 4.03. The molecule has 0 aliphatic heterocycles. The van der Waals surface area contributed by atoms with E-state index >= 15 is 0 Å². The van der Waals surface area contributed by atoms with Crippen LogP contribution in [0.3, 0.4) is 0 Å². The number of hydrogen-bond acceptors (Lipinski definition) is 4. The summed E-state index contributed by atoms with van der Waals surface area (Å²) >= 11 is 0. The van der Waals surface area contributed by atoms with Gasteiger partial charge in [0.1, 0.15) is 6.04 Å². The highest BCUT2D eigenvalue weighted by molar-refractivity contribution is 5.75. The predicted molar refractivity (Wildman–Crippen MR) is 76.1 cm³/mol. The minimum Gasteiger partial charge on any atom is -0.465 e. The number of ether oxygens (including phenoxy) is 1. The van der Waals surface area contributed by atoms with Crippen molar-refractivity contribution in [2.24, 2.45) is 0 Å². The van der Waals surface area contributed by atoms with E-state index < -0.39 is 0 Å². The molecule has 2 atom stereocenters. The van der Waals surface area contributed by atoms with Gasteiger partial charge in [-0.25, -0.2) is 0 Å². The molecule has 106 valence electrons. The molecule has 0 aliphatic carbocycles. The molecular weight excluding hydrogens is 240 g/mol. The molecule has 0 aromatic carbocycles. The molecule has 2 unspecified atom stereocenters. The number of aromatic nitrogens is 1. The summed E-state index contributed by atoms with van der Waals surface area (Å²) in [7, 11) is 0. The van der Waals surface area contributed by atoms with Gasteiger partial charge in [-0.3, -0.25) is 15.1 Å². The van der Waals surface area contributed by atoms with Gasteiger partial charge in [-0.05, 0) is 58.7 Å². The van der Waals surface area contributed by atoms with Crippen molar-refractivity contribution in [3.05, 3.63) is 28.6 Å². The molecule has 0 fully saturated rings. The smallest absolute Gasteiger partial charge is 0.322 e. The Morgan fingerprint density at radius 2 is 2.00 bits per heavy atom. The van der Waals surface area contributed by atoms with E-state index in [1.165, 1.54) is 5.56 Å². The fourth-order valence-electron chi connectivity index (χ4n) is 2.48. The third-order valence-electron chi connectivity index (χ3n) is 3.16. The molecule has 0 radical (unpaired) electrons. The topological polar surface area (TPSA) is 51.2 Å². The zero-order valence-corrected chi connectivity index (χ0v) is 12.7. The monoisotopic (exact) mass is 264 g/mol. The fourth-order valence-corrected chi connectivity index (χ4v) is 2.48. The van der Waals surface area contributed by atoms with Crippen LogP contribution in [0.25, 0.3) is 0 Å². The second-order valence-electron chi connectivity index (χ2n) is 4.94. The normalized spacial score (nSPS) is 14.0. The summed E-state index contributed by atoms with van der Waals surface area (Å²) in [5.74, 6) is -0.218. The maximum Gasteiger partial charge on any atom is 0.322 e. The molecule has 0 saturated carbocycles. The summed E-state index contributed by atoms with van der Waals surface area (Å²) in [5, 5.41) is 3.27. The first kappa shape index (κ1) is 15.6. The van der Waals surface area contributed by atoms with Crippen LogP contribution in [-0.4, -0.2) is 23.6 Å². The minimum absolute atomic E-state index is 0.0625. The first-order chi connectivity index (χ1) is 8.86. The Morgan fingerprint density at radius 3 is 2.53 bits per heavy atom. The van der Waals surface area contributed by atoms with Gasteiger partial charge in [-0.1, -0.05) is 0 Å². The lowest BCUT2D eigenvalue weighted by atomic mass is 10.00. The van der Waals surface area contributed by atoms with E-state index in [0.29, 0.717) is 6.61 Å². The van der Waals surface area contributed by atoms with Crippen molar-refractivity contribution in [3.8, 4) is 0 Å². The lowest BCUT2D eigenvalue weighted by Gasteiger charge is -2.22.